The molecule has 68 heavy (non-hydrogen) atoms. The van der Waals surface area contributed by atoms with Gasteiger partial charge >= 0.3 is 0 Å². The second kappa shape index (κ2) is 24.3. The first-order valence-electron chi connectivity index (χ1n) is 24.8. The SMILES string of the molecule is CCC(=O)C(=O)CCCSC(C)(C)CN(CCOCCOCCOC)c1cc(COc2cc3c(cc2C)C(=O)N2CCC[C@H]2CC3)cc(COc2cc3c(cc2OC)C(=O)N2CCC[C@H]2CC3)c1. The van der Waals surface area contributed by atoms with E-state index in [-0.39, 0.29) is 60.2 Å². The zero-order chi connectivity index (χ0) is 48.2. The van der Waals surface area contributed by atoms with Crippen LogP contribution in [0.25, 0.3) is 0 Å². The molecule has 0 saturated carbocycles. The quantitative estimate of drug-likeness (QED) is 0.0564. The number of amides is 2. The molecular weight excluding hydrogens is 883 g/mol. The zero-order valence-electron chi connectivity index (χ0n) is 41.3. The third-order valence-electron chi connectivity index (χ3n) is 13.8. The Morgan fingerprint density at radius 3 is 1.93 bits per heavy atom. The minimum absolute atomic E-state index is 0.0720. The second-order valence-electron chi connectivity index (χ2n) is 19.2. The fourth-order valence-corrected chi connectivity index (χ4v) is 11.2. The van der Waals surface area contributed by atoms with E-state index in [1.807, 2.05) is 30.0 Å². The number of ketones is 2. The zero-order valence-corrected chi connectivity index (χ0v) is 42.1. The van der Waals surface area contributed by atoms with Gasteiger partial charge in [-0.05, 0) is 155 Å². The molecular formula is C54H73N3O10S. The second-order valence-corrected chi connectivity index (χ2v) is 21.0. The van der Waals surface area contributed by atoms with E-state index >= 15 is 0 Å². The summed E-state index contributed by atoms with van der Waals surface area (Å²) < 4.78 is 35.8. The van der Waals surface area contributed by atoms with Crippen LogP contribution in [0.5, 0.6) is 17.2 Å². The molecule has 0 radical (unpaired) electrons. The largest absolute Gasteiger partial charge is 0.493 e. The lowest BCUT2D eigenvalue weighted by Gasteiger charge is -2.34. The number of thioether (sulfide) groups is 1. The molecule has 2 fully saturated rings. The van der Waals surface area contributed by atoms with Crippen molar-refractivity contribution in [2.75, 3.05) is 84.1 Å². The van der Waals surface area contributed by atoms with Crippen molar-refractivity contribution in [3.8, 4) is 17.2 Å². The molecule has 0 aliphatic carbocycles. The molecule has 0 N–H and O–H groups in total. The normalized spacial score (nSPS) is 17.8. The van der Waals surface area contributed by atoms with Gasteiger partial charge in [-0.3, -0.25) is 19.2 Å². The Balaban J connectivity index is 1.15. The Hall–Kier alpha value is -4.63. The molecule has 4 heterocycles. The van der Waals surface area contributed by atoms with Crippen LogP contribution >= 0.6 is 11.8 Å². The highest BCUT2D eigenvalue weighted by molar-refractivity contribution is 8.00. The van der Waals surface area contributed by atoms with Gasteiger partial charge in [-0.15, -0.1) is 0 Å². The van der Waals surface area contributed by atoms with E-state index in [1.165, 1.54) is 0 Å². The van der Waals surface area contributed by atoms with Crippen molar-refractivity contribution in [2.24, 2.45) is 0 Å². The van der Waals surface area contributed by atoms with Gasteiger partial charge < -0.3 is 43.1 Å². The van der Waals surface area contributed by atoms with Crippen molar-refractivity contribution in [1.29, 1.82) is 0 Å². The fourth-order valence-electron chi connectivity index (χ4n) is 10.1. The maximum absolute atomic E-state index is 13.7. The summed E-state index contributed by atoms with van der Waals surface area (Å²) in [5, 5.41) is 0. The molecule has 14 heteroatoms. The summed E-state index contributed by atoms with van der Waals surface area (Å²) >= 11 is 1.79. The summed E-state index contributed by atoms with van der Waals surface area (Å²) in [6.07, 6.45) is 8.86. The molecule has 0 bridgehead atoms. The van der Waals surface area contributed by atoms with E-state index in [0.717, 1.165) is 115 Å². The first-order chi connectivity index (χ1) is 32.9. The summed E-state index contributed by atoms with van der Waals surface area (Å²) in [6.45, 7) is 14.0. The lowest BCUT2D eigenvalue weighted by Crippen LogP contribution is -2.39. The molecule has 7 rings (SSSR count). The van der Waals surface area contributed by atoms with E-state index in [1.54, 1.807) is 32.9 Å². The Morgan fingerprint density at radius 1 is 0.721 bits per heavy atom. The van der Waals surface area contributed by atoms with Crippen LogP contribution in [0, 0.1) is 6.92 Å². The Bertz CT molecular complexity index is 2250. The molecule has 4 aliphatic heterocycles. The molecule has 3 aromatic rings. The number of aryl methyl sites for hydroxylation is 3. The molecule has 2 amide bonds. The molecule has 3 aromatic carbocycles. The van der Waals surface area contributed by atoms with Gasteiger partial charge in [0.15, 0.2) is 23.1 Å². The van der Waals surface area contributed by atoms with Crippen molar-refractivity contribution in [2.45, 2.75) is 128 Å². The van der Waals surface area contributed by atoms with Gasteiger partial charge in [0.2, 0.25) is 0 Å². The number of carbonyl (C=O) groups excluding carboxylic acids is 4. The van der Waals surface area contributed by atoms with E-state index in [0.29, 0.717) is 75.6 Å². The molecule has 2 atom stereocenters. The molecule has 370 valence electrons. The number of ether oxygens (including phenoxy) is 6. The average Bonchev–Trinajstić information content (AvgIpc) is 3.97. The van der Waals surface area contributed by atoms with Crippen LogP contribution in [0.4, 0.5) is 5.69 Å². The predicted molar refractivity (Wildman–Crippen MR) is 266 cm³/mol. The van der Waals surface area contributed by atoms with Crippen molar-refractivity contribution in [1.82, 2.24) is 9.80 Å². The standard InChI is InChI=1S/C54H73N3O10S/c1-7-47(58)48(59)13-10-26-68-54(3,4)36-55(20-21-64-24-25-65-23-22-62-5)44-29-38(34-66-49-31-40-14-16-42-11-8-18-56(42)52(60)45(40)27-37(49)2)28-39(30-44)35-67-51-32-41-15-17-43-12-9-19-57(43)53(61)46(41)33-50(51)63-6/h27-33,42-43H,7-26,34-36H2,1-6H3/t42-,43-/m0/s1. The van der Waals surface area contributed by atoms with Crippen LogP contribution in [0.3, 0.4) is 0 Å². The van der Waals surface area contributed by atoms with Gasteiger partial charge in [0.1, 0.15) is 19.0 Å². The number of fused-ring (bicyclic) bond motifs is 4. The molecule has 0 aromatic heterocycles. The Kier molecular flexibility index (Phi) is 18.3. The number of Topliss-reactive ketones (excluding diaryl/α,β-unsaturated/α-hetero) is 2. The third kappa shape index (κ3) is 13.2. The summed E-state index contributed by atoms with van der Waals surface area (Å²) in [5.74, 6) is 2.22. The molecule has 0 unspecified atom stereocenters. The predicted octanol–water partition coefficient (Wildman–Crippen LogP) is 8.59. The van der Waals surface area contributed by atoms with E-state index in [2.05, 4.69) is 47.9 Å². The number of hydrogen-bond donors (Lipinski definition) is 0. The first kappa shape index (κ1) is 51.2. The van der Waals surface area contributed by atoms with Crippen LogP contribution in [-0.2, 0) is 49.9 Å². The molecule has 13 nitrogen and oxygen atoms in total. The summed E-state index contributed by atoms with van der Waals surface area (Å²) in [4.78, 5) is 58.0. The number of rotatable bonds is 26. The Morgan fingerprint density at radius 2 is 1.31 bits per heavy atom. The fraction of sp³-hybridized carbons (Fsp3) is 0.593. The molecule has 2 saturated heterocycles. The van der Waals surface area contributed by atoms with E-state index in [9.17, 15) is 19.2 Å². The van der Waals surface area contributed by atoms with Gasteiger partial charge in [-0.1, -0.05) is 6.92 Å². The van der Waals surface area contributed by atoms with Gasteiger partial charge in [-0.25, -0.2) is 0 Å². The maximum atomic E-state index is 13.7. The first-order valence-corrected chi connectivity index (χ1v) is 25.8. The highest BCUT2D eigenvalue weighted by Gasteiger charge is 2.35. The van der Waals surface area contributed by atoms with E-state index in [4.69, 9.17) is 28.4 Å². The highest BCUT2D eigenvalue weighted by Crippen LogP contribution is 2.38. The third-order valence-corrected chi connectivity index (χ3v) is 15.2. The van der Waals surface area contributed by atoms with Crippen LogP contribution in [-0.4, -0.2) is 129 Å². The van der Waals surface area contributed by atoms with Crippen molar-refractivity contribution < 1.29 is 47.6 Å². The number of benzene rings is 3. The smallest absolute Gasteiger partial charge is 0.254 e. The van der Waals surface area contributed by atoms with Crippen LogP contribution in [0.2, 0.25) is 0 Å². The lowest BCUT2D eigenvalue weighted by molar-refractivity contribution is -0.136. The lowest BCUT2D eigenvalue weighted by atomic mass is 9.99. The van der Waals surface area contributed by atoms with Gasteiger partial charge in [0.25, 0.3) is 11.8 Å². The number of methoxy groups -OCH3 is 2. The summed E-state index contributed by atoms with van der Waals surface area (Å²) in [5.41, 5.74) is 7.30. The topological polar surface area (TPSA) is 133 Å². The Labute approximate surface area is 407 Å². The summed E-state index contributed by atoms with van der Waals surface area (Å²) in [6, 6.07) is 15.0. The van der Waals surface area contributed by atoms with Gasteiger partial charge in [0, 0.05) is 79.8 Å². The summed E-state index contributed by atoms with van der Waals surface area (Å²) in [7, 11) is 3.26. The van der Waals surface area contributed by atoms with Crippen LogP contribution in [0.1, 0.15) is 127 Å². The number of nitrogens with zero attached hydrogens (tertiary/aromatic N) is 3. The van der Waals surface area contributed by atoms with Crippen molar-refractivity contribution in [3.63, 3.8) is 0 Å². The molecule has 4 aliphatic rings. The van der Waals surface area contributed by atoms with Gasteiger partial charge in [-0.2, -0.15) is 11.8 Å². The van der Waals surface area contributed by atoms with Crippen LogP contribution in [0.15, 0.2) is 42.5 Å². The monoisotopic (exact) mass is 956 g/mol. The number of carbonyl (C=O) groups is 4. The highest BCUT2D eigenvalue weighted by atomic mass is 32.2. The van der Waals surface area contributed by atoms with Crippen LogP contribution < -0.4 is 19.1 Å². The van der Waals surface area contributed by atoms with E-state index < -0.39 is 0 Å². The maximum Gasteiger partial charge on any atom is 0.254 e. The van der Waals surface area contributed by atoms with Crippen molar-refractivity contribution >= 4 is 40.8 Å². The number of hydrogen-bond acceptors (Lipinski definition) is 12. The molecule has 0 spiro atoms. The van der Waals surface area contributed by atoms with Crippen molar-refractivity contribution in [3.05, 3.63) is 81.4 Å². The minimum atomic E-state index is -0.309. The average molecular weight is 956 g/mol. The number of anilines is 1. The van der Waals surface area contributed by atoms with Gasteiger partial charge in [0.05, 0.1) is 40.1 Å². The minimum Gasteiger partial charge on any atom is -0.493 e.